The van der Waals surface area contributed by atoms with Gasteiger partial charge < -0.3 is 24.1 Å². The zero-order valence-electron chi connectivity index (χ0n) is 20.2. The van der Waals surface area contributed by atoms with Gasteiger partial charge in [-0.3, -0.25) is 9.58 Å². The summed E-state index contributed by atoms with van der Waals surface area (Å²) in [5.74, 6) is 1.97. The third-order valence-corrected chi connectivity index (χ3v) is 5.95. The Bertz CT molecular complexity index is 1110. The summed E-state index contributed by atoms with van der Waals surface area (Å²) in [6.07, 6.45) is 3.81. The Morgan fingerprint density at radius 2 is 2.06 bits per heavy atom. The second kappa shape index (κ2) is 11.8. The van der Waals surface area contributed by atoms with Gasteiger partial charge in [0.15, 0.2) is 11.5 Å². The molecule has 4 rings (SSSR count). The fraction of sp³-hybridized carbons (Fsp3) is 0.423. The number of aryl methyl sites for hydroxylation is 1. The third-order valence-electron chi connectivity index (χ3n) is 5.72. The van der Waals surface area contributed by atoms with Crippen LogP contribution in [0.5, 0.6) is 17.2 Å². The van der Waals surface area contributed by atoms with E-state index in [2.05, 4.69) is 10.00 Å². The Hall–Kier alpha value is -2.78. The zero-order valence-corrected chi connectivity index (χ0v) is 20.9. The molecule has 1 atom stereocenters. The average molecular weight is 502 g/mol. The van der Waals surface area contributed by atoms with Crippen molar-refractivity contribution in [2.24, 2.45) is 0 Å². The summed E-state index contributed by atoms with van der Waals surface area (Å²) in [7, 11) is 1.63. The van der Waals surface area contributed by atoms with Crippen LogP contribution in [0.1, 0.15) is 11.1 Å². The second-order valence-corrected chi connectivity index (χ2v) is 9.28. The van der Waals surface area contributed by atoms with Crippen molar-refractivity contribution in [3.63, 3.8) is 0 Å². The molecule has 1 fully saturated rings. The number of rotatable bonds is 10. The smallest absolute Gasteiger partial charge is 0.161 e. The minimum atomic E-state index is -1.14. The van der Waals surface area contributed by atoms with E-state index >= 15 is 0 Å². The first-order chi connectivity index (χ1) is 16.9. The van der Waals surface area contributed by atoms with Crippen molar-refractivity contribution < 1.29 is 24.1 Å². The monoisotopic (exact) mass is 501 g/mol. The molecule has 2 heterocycles. The van der Waals surface area contributed by atoms with E-state index in [-0.39, 0.29) is 13.2 Å². The zero-order chi connectivity index (χ0) is 24.7. The van der Waals surface area contributed by atoms with Gasteiger partial charge in [-0.05, 0) is 48.4 Å². The molecule has 0 saturated carbocycles. The van der Waals surface area contributed by atoms with Crippen molar-refractivity contribution in [2.75, 3.05) is 46.6 Å². The Kier molecular flexibility index (Phi) is 8.51. The first kappa shape index (κ1) is 25.3. The van der Waals surface area contributed by atoms with Gasteiger partial charge in [0.25, 0.3) is 0 Å². The van der Waals surface area contributed by atoms with Crippen LogP contribution in [0.3, 0.4) is 0 Å². The summed E-state index contributed by atoms with van der Waals surface area (Å²) in [5, 5.41) is 16.1. The number of aromatic nitrogens is 2. The number of halogens is 1. The lowest BCUT2D eigenvalue weighted by atomic mass is 10.1. The van der Waals surface area contributed by atoms with Crippen LogP contribution in [0.2, 0.25) is 5.02 Å². The highest BCUT2D eigenvalue weighted by molar-refractivity contribution is 6.30. The van der Waals surface area contributed by atoms with Gasteiger partial charge in [-0.25, -0.2) is 0 Å². The molecule has 0 spiro atoms. The maximum atomic E-state index is 11.2. The van der Waals surface area contributed by atoms with Crippen molar-refractivity contribution in [3.05, 3.63) is 71.0 Å². The van der Waals surface area contributed by atoms with E-state index in [4.69, 9.17) is 30.5 Å². The number of benzene rings is 2. The van der Waals surface area contributed by atoms with Crippen LogP contribution in [0.25, 0.3) is 0 Å². The SMILES string of the molecule is COc1cc(CN2CCOC[C@](O)(COc3cccc(Cl)c3)C2)ccc1OCCn1cc(C)cn1. The molecule has 0 bridgehead atoms. The molecule has 9 heteroatoms. The van der Waals surface area contributed by atoms with Crippen LogP contribution in [-0.2, 0) is 17.8 Å². The maximum Gasteiger partial charge on any atom is 0.161 e. The quantitative estimate of drug-likeness (QED) is 0.455. The standard InChI is InChI=1S/C26H32ClN3O5/c1-20-14-28-30(15-20)9-11-34-24-7-6-21(12-25(24)32-2)16-29-8-10-33-18-26(31,17-29)19-35-23-5-3-4-22(27)13-23/h3-7,12-15,31H,8-11,16-19H2,1-2H3/t26-/m0/s1. The highest BCUT2D eigenvalue weighted by atomic mass is 35.5. The van der Waals surface area contributed by atoms with Gasteiger partial charge in [-0.1, -0.05) is 23.7 Å². The molecule has 188 valence electrons. The summed E-state index contributed by atoms with van der Waals surface area (Å²) in [6.45, 7) is 5.74. The Morgan fingerprint density at radius 1 is 1.17 bits per heavy atom. The van der Waals surface area contributed by atoms with Gasteiger partial charge in [0, 0.05) is 30.9 Å². The molecule has 0 amide bonds. The van der Waals surface area contributed by atoms with E-state index in [0.29, 0.717) is 61.7 Å². The van der Waals surface area contributed by atoms with E-state index in [1.54, 1.807) is 19.2 Å². The molecule has 1 saturated heterocycles. The molecule has 3 aromatic rings. The third kappa shape index (κ3) is 7.35. The fourth-order valence-corrected chi connectivity index (χ4v) is 4.20. The lowest BCUT2D eigenvalue weighted by Crippen LogP contribution is -2.48. The number of aliphatic hydroxyl groups is 1. The number of ether oxygens (including phenoxy) is 4. The molecule has 1 aromatic heterocycles. The van der Waals surface area contributed by atoms with E-state index in [0.717, 1.165) is 11.1 Å². The molecule has 2 aromatic carbocycles. The molecule has 0 aliphatic carbocycles. The lowest BCUT2D eigenvalue weighted by molar-refractivity contribution is -0.0646. The molecule has 1 aliphatic heterocycles. The van der Waals surface area contributed by atoms with Gasteiger partial charge >= 0.3 is 0 Å². The van der Waals surface area contributed by atoms with Crippen molar-refractivity contribution in [1.82, 2.24) is 14.7 Å². The number of β-amino-alcohol motifs (C(OH)–C–C–N with tert-alkyl or cyclic N) is 1. The van der Waals surface area contributed by atoms with Gasteiger partial charge in [0.05, 0.1) is 33.1 Å². The summed E-state index contributed by atoms with van der Waals surface area (Å²) in [6, 6.07) is 13.1. The highest BCUT2D eigenvalue weighted by Crippen LogP contribution is 2.29. The topological polar surface area (TPSA) is 78.2 Å². The predicted octanol–water partition coefficient (Wildman–Crippen LogP) is 3.57. The number of nitrogens with zero attached hydrogens (tertiary/aromatic N) is 3. The van der Waals surface area contributed by atoms with E-state index in [1.165, 1.54) is 0 Å². The van der Waals surface area contributed by atoms with Gasteiger partial charge in [-0.15, -0.1) is 0 Å². The van der Waals surface area contributed by atoms with Gasteiger partial charge in [0.2, 0.25) is 0 Å². The van der Waals surface area contributed by atoms with E-state index in [1.807, 2.05) is 54.3 Å². The van der Waals surface area contributed by atoms with Crippen molar-refractivity contribution in [1.29, 1.82) is 0 Å². The fourth-order valence-electron chi connectivity index (χ4n) is 4.02. The van der Waals surface area contributed by atoms with Crippen LogP contribution < -0.4 is 14.2 Å². The summed E-state index contributed by atoms with van der Waals surface area (Å²) in [4.78, 5) is 2.16. The molecule has 1 N–H and O–H groups in total. The van der Waals surface area contributed by atoms with Crippen LogP contribution >= 0.6 is 11.6 Å². The summed E-state index contributed by atoms with van der Waals surface area (Å²) >= 11 is 6.03. The Labute approximate surface area is 210 Å². The average Bonchev–Trinajstić information content (AvgIpc) is 3.16. The lowest BCUT2D eigenvalue weighted by Gasteiger charge is -2.30. The Morgan fingerprint density at radius 3 is 2.83 bits per heavy atom. The molecule has 35 heavy (non-hydrogen) atoms. The van der Waals surface area contributed by atoms with Crippen molar-refractivity contribution in [2.45, 2.75) is 25.6 Å². The summed E-state index contributed by atoms with van der Waals surface area (Å²) < 4.78 is 24.9. The number of methoxy groups -OCH3 is 1. The second-order valence-electron chi connectivity index (χ2n) is 8.85. The molecule has 8 nitrogen and oxygen atoms in total. The van der Waals surface area contributed by atoms with Gasteiger partial charge in [-0.2, -0.15) is 5.10 Å². The highest BCUT2D eigenvalue weighted by Gasteiger charge is 2.33. The van der Waals surface area contributed by atoms with Crippen LogP contribution in [0.4, 0.5) is 0 Å². The maximum absolute atomic E-state index is 11.2. The van der Waals surface area contributed by atoms with Crippen LogP contribution in [0, 0.1) is 6.92 Å². The van der Waals surface area contributed by atoms with Crippen LogP contribution in [-0.4, -0.2) is 72.0 Å². The first-order valence-electron chi connectivity index (χ1n) is 11.6. The molecule has 0 unspecified atom stereocenters. The van der Waals surface area contributed by atoms with E-state index < -0.39 is 5.60 Å². The van der Waals surface area contributed by atoms with Crippen molar-refractivity contribution >= 4 is 11.6 Å². The van der Waals surface area contributed by atoms with Crippen LogP contribution in [0.15, 0.2) is 54.9 Å². The molecular formula is C26H32ClN3O5. The normalized spacial score (nSPS) is 18.7. The number of hydrogen-bond acceptors (Lipinski definition) is 7. The minimum absolute atomic E-state index is 0.107. The largest absolute Gasteiger partial charge is 0.493 e. The molecular weight excluding hydrogens is 470 g/mol. The molecule has 0 radical (unpaired) electrons. The van der Waals surface area contributed by atoms with Crippen molar-refractivity contribution in [3.8, 4) is 17.2 Å². The van der Waals surface area contributed by atoms with Gasteiger partial charge in [0.1, 0.15) is 24.6 Å². The summed E-state index contributed by atoms with van der Waals surface area (Å²) in [5.41, 5.74) is 1.03. The Balaban J connectivity index is 1.35. The minimum Gasteiger partial charge on any atom is -0.493 e. The first-order valence-corrected chi connectivity index (χ1v) is 12.0. The number of hydrogen-bond donors (Lipinski definition) is 1. The van der Waals surface area contributed by atoms with E-state index in [9.17, 15) is 5.11 Å². The predicted molar refractivity (Wildman–Crippen MR) is 133 cm³/mol. The molecule has 1 aliphatic rings.